The van der Waals surface area contributed by atoms with E-state index in [1.165, 1.54) is 44.7 Å². The summed E-state index contributed by atoms with van der Waals surface area (Å²) in [5, 5.41) is 9.14. The number of aromatic hydroxyl groups is 1. The molecular formula is C10H16N2O. The van der Waals surface area contributed by atoms with E-state index in [1.54, 1.807) is 0 Å². The van der Waals surface area contributed by atoms with Crippen LogP contribution in [-0.4, -0.2) is 15.1 Å². The number of aromatic amines is 1. The van der Waals surface area contributed by atoms with Crippen molar-refractivity contribution in [3.05, 3.63) is 12.0 Å². The average Bonchev–Trinajstić information content (AvgIpc) is 2.43. The van der Waals surface area contributed by atoms with E-state index in [2.05, 4.69) is 9.97 Å². The normalized spacial score (nSPS) is 20.0. The van der Waals surface area contributed by atoms with Gasteiger partial charge in [0.1, 0.15) is 5.82 Å². The van der Waals surface area contributed by atoms with E-state index in [0.717, 1.165) is 5.82 Å². The molecule has 2 N–H and O–H groups in total. The van der Waals surface area contributed by atoms with Crippen molar-refractivity contribution in [2.75, 3.05) is 0 Å². The predicted molar refractivity (Wildman–Crippen MR) is 50.7 cm³/mol. The fourth-order valence-electron chi connectivity index (χ4n) is 2.09. The molecule has 2 rings (SSSR count). The summed E-state index contributed by atoms with van der Waals surface area (Å²) in [5.74, 6) is 1.71. The Balaban J connectivity index is 2.06. The van der Waals surface area contributed by atoms with Gasteiger partial charge in [0, 0.05) is 5.92 Å². The van der Waals surface area contributed by atoms with Crippen LogP contribution in [0, 0.1) is 0 Å². The lowest BCUT2D eigenvalue weighted by atomic mass is 10.00. The van der Waals surface area contributed by atoms with Crippen LogP contribution in [0.1, 0.15) is 50.3 Å². The summed E-state index contributed by atoms with van der Waals surface area (Å²) in [4.78, 5) is 7.09. The highest BCUT2D eigenvalue weighted by Gasteiger charge is 2.16. The number of nitrogens with zero attached hydrogens (tertiary/aromatic N) is 1. The largest absolute Gasteiger partial charge is 0.493 e. The van der Waals surface area contributed by atoms with Gasteiger partial charge in [-0.3, -0.25) is 0 Å². The first-order valence-corrected chi connectivity index (χ1v) is 5.10. The molecule has 0 bridgehead atoms. The Morgan fingerprint density at radius 2 is 1.92 bits per heavy atom. The van der Waals surface area contributed by atoms with Gasteiger partial charge in [-0.05, 0) is 12.8 Å². The smallest absolute Gasteiger partial charge is 0.208 e. The minimum absolute atomic E-state index is 0.194. The lowest BCUT2D eigenvalue weighted by Crippen LogP contribution is -1.99. The molecule has 0 radical (unpaired) electrons. The highest BCUT2D eigenvalue weighted by Crippen LogP contribution is 2.30. The van der Waals surface area contributed by atoms with Crippen molar-refractivity contribution in [1.82, 2.24) is 9.97 Å². The first-order valence-electron chi connectivity index (χ1n) is 5.10. The van der Waals surface area contributed by atoms with Crippen molar-refractivity contribution in [2.45, 2.75) is 44.4 Å². The second-order valence-corrected chi connectivity index (χ2v) is 3.84. The number of rotatable bonds is 1. The van der Waals surface area contributed by atoms with Crippen LogP contribution in [0.4, 0.5) is 0 Å². The third kappa shape index (κ3) is 2.02. The minimum Gasteiger partial charge on any atom is -0.493 e. The van der Waals surface area contributed by atoms with E-state index in [-0.39, 0.29) is 5.88 Å². The summed E-state index contributed by atoms with van der Waals surface area (Å²) in [5.41, 5.74) is 0. The first kappa shape index (κ1) is 8.60. The number of nitrogens with one attached hydrogen (secondary N) is 1. The Hall–Kier alpha value is -0.990. The molecule has 0 aliphatic heterocycles. The topological polar surface area (TPSA) is 48.9 Å². The van der Waals surface area contributed by atoms with Gasteiger partial charge in [-0.1, -0.05) is 25.7 Å². The highest BCUT2D eigenvalue weighted by atomic mass is 16.3. The number of H-pyrrole nitrogens is 1. The summed E-state index contributed by atoms with van der Waals surface area (Å²) in [6, 6.07) is 0. The zero-order chi connectivity index (χ0) is 9.10. The van der Waals surface area contributed by atoms with Crippen molar-refractivity contribution in [2.24, 2.45) is 0 Å². The van der Waals surface area contributed by atoms with Gasteiger partial charge in [0.05, 0.1) is 6.20 Å². The molecule has 1 aliphatic rings. The van der Waals surface area contributed by atoms with Crippen LogP contribution >= 0.6 is 0 Å². The number of imidazole rings is 1. The zero-order valence-corrected chi connectivity index (χ0v) is 7.79. The predicted octanol–water partition coefficient (Wildman–Crippen LogP) is 2.55. The molecule has 0 unspecified atom stereocenters. The molecule has 72 valence electrons. The maximum absolute atomic E-state index is 9.14. The average molecular weight is 180 g/mol. The summed E-state index contributed by atoms with van der Waals surface area (Å²) >= 11 is 0. The van der Waals surface area contributed by atoms with Crippen LogP contribution in [0.25, 0.3) is 0 Å². The van der Waals surface area contributed by atoms with Gasteiger partial charge >= 0.3 is 0 Å². The van der Waals surface area contributed by atoms with E-state index < -0.39 is 0 Å². The van der Waals surface area contributed by atoms with Crippen LogP contribution in [0.15, 0.2) is 6.20 Å². The van der Waals surface area contributed by atoms with Gasteiger partial charge < -0.3 is 10.1 Å². The molecule has 1 saturated carbocycles. The van der Waals surface area contributed by atoms with Gasteiger partial charge in [0.25, 0.3) is 0 Å². The van der Waals surface area contributed by atoms with Gasteiger partial charge in [0.2, 0.25) is 5.88 Å². The SMILES string of the molecule is Oc1cnc(C2CCCCCC2)[nH]1. The molecule has 1 heterocycles. The Labute approximate surface area is 78.2 Å². The fourth-order valence-corrected chi connectivity index (χ4v) is 2.09. The zero-order valence-electron chi connectivity index (χ0n) is 7.79. The highest BCUT2D eigenvalue weighted by molar-refractivity contribution is 5.08. The first-order chi connectivity index (χ1) is 6.36. The Morgan fingerprint density at radius 1 is 1.23 bits per heavy atom. The molecule has 13 heavy (non-hydrogen) atoms. The van der Waals surface area contributed by atoms with E-state index in [0.29, 0.717) is 5.92 Å². The molecule has 3 heteroatoms. The minimum atomic E-state index is 0.194. The molecule has 1 aromatic heterocycles. The van der Waals surface area contributed by atoms with Gasteiger partial charge in [-0.2, -0.15) is 0 Å². The fraction of sp³-hybridized carbons (Fsp3) is 0.700. The van der Waals surface area contributed by atoms with Crippen molar-refractivity contribution < 1.29 is 5.11 Å². The van der Waals surface area contributed by atoms with E-state index in [9.17, 15) is 0 Å². The van der Waals surface area contributed by atoms with E-state index in [4.69, 9.17) is 5.11 Å². The molecule has 1 aromatic rings. The molecule has 3 nitrogen and oxygen atoms in total. The maximum Gasteiger partial charge on any atom is 0.208 e. The molecule has 0 amide bonds. The second-order valence-electron chi connectivity index (χ2n) is 3.84. The Kier molecular flexibility index (Phi) is 2.52. The van der Waals surface area contributed by atoms with Crippen LogP contribution < -0.4 is 0 Å². The Bertz CT molecular complexity index is 262. The maximum atomic E-state index is 9.14. The molecule has 1 aliphatic carbocycles. The van der Waals surface area contributed by atoms with Crippen LogP contribution in [0.3, 0.4) is 0 Å². The lowest BCUT2D eigenvalue weighted by molar-refractivity contribution is 0.452. The van der Waals surface area contributed by atoms with E-state index in [1.807, 2.05) is 0 Å². The monoisotopic (exact) mass is 180 g/mol. The quantitative estimate of drug-likeness (QED) is 0.652. The second kappa shape index (κ2) is 3.81. The van der Waals surface area contributed by atoms with Crippen molar-refractivity contribution >= 4 is 0 Å². The van der Waals surface area contributed by atoms with Crippen LogP contribution in [0.2, 0.25) is 0 Å². The summed E-state index contributed by atoms with van der Waals surface area (Å²) < 4.78 is 0. The van der Waals surface area contributed by atoms with Crippen molar-refractivity contribution in [3.63, 3.8) is 0 Å². The van der Waals surface area contributed by atoms with Crippen molar-refractivity contribution in [3.8, 4) is 5.88 Å². The third-order valence-electron chi connectivity index (χ3n) is 2.82. The number of hydrogen-bond acceptors (Lipinski definition) is 2. The molecule has 1 fully saturated rings. The number of aromatic nitrogens is 2. The van der Waals surface area contributed by atoms with Gasteiger partial charge in [-0.15, -0.1) is 0 Å². The molecule has 0 atom stereocenters. The van der Waals surface area contributed by atoms with Crippen molar-refractivity contribution in [1.29, 1.82) is 0 Å². The lowest BCUT2D eigenvalue weighted by Gasteiger charge is -2.09. The molecule has 0 saturated heterocycles. The third-order valence-corrected chi connectivity index (χ3v) is 2.82. The Morgan fingerprint density at radius 3 is 2.46 bits per heavy atom. The summed E-state index contributed by atoms with van der Waals surface area (Å²) in [6.07, 6.45) is 9.23. The van der Waals surface area contributed by atoms with Gasteiger partial charge in [0.15, 0.2) is 0 Å². The molecule has 0 spiro atoms. The van der Waals surface area contributed by atoms with Crippen LogP contribution in [-0.2, 0) is 0 Å². The molecule has 0 aromatic carbocycles. The molecular weight excluding hydrogens is 164 g/mol. The number of hydrogen-bond donors (Lipinski definition) is 2. The van der Waals surface area contributed by atoms with Gasteiger partial charge in [-0.25, -0.2) is 4.98 Å². The van der Waals surface area contributed by atoms with Crippen LogP contribution in [0.5, 0.6) is 5.88 Å². The standard InChI is InChI=1S/C10H16N2O/c13-9-7-11-10(12-9)8-5-3-1-2-4-6-8/h7-8,13H,1-6H2,(H,11,12). The summed E-state index contributed by atoms with van der Waals surface area (Å²) in [6.45, 7) is 0. The summed E-state index contributed by atoms with van der Waals surface area (Å²) in [7, 11) is 0. The van der Waals surface area contributed by atoms with E-state index >= 15 is 0 Å².